The first-order valence-electron chi connectivity index (χ1n) is 4.66. The van der Waals surface area contributed by atoms with Crippen molar-refractivity contribution in [3.8, 4) is 10.7 Å². The lowest BCUT2D eigenvalue weighted by molar-refractivity contribution is 0.785. The summed E-state index contributed by atoms with van der Waals surface area (Å²) in [4.78, 5) is 5.47. The van der Waals surface area contributed by atoms with Gasteiger partial charge in [0.2, 0.25) is 0 Å². The van der Waals surface area contributed by atoms with Crippen LogP contribution in [0.1, 0.15) is 12.2 Å². The largest absolute Gasteiger partial charge is 0.330 e. The van der Waals surface area contributed by atoms with E-state index in [9.17, 15) is 0 Å². The topological polar surface area (TPSA) is 67.6 Å². The Morgan fingerprint density at radius 3 is 3.00 bits per heavy atom. The maximum Gasteiger partial charge on any atom is 0.191 e. The van der Waals surface area contributed by atoms with Gasteiger partial charge in [0, 0.05) is 6.42 Å². The molecule has 0 aromatic carbocycles. The van der Waals surface area contributed by atoms with E-state index >= 15 is 0 Å². The second-order valence-corrected chi connectivity index (χ2v) is 5.56. The summed E-state index contributed by atoms with van der Waals surface area (Å²) in [6, 6.07) is 4.00. The van der Waals surface area contributed by atoms with Gasteiger partial charge in [0.05, 0.1) is 8.66 Å². The number of H-pyrrole nitrogens is 1. The van der Waals surface area contributed by atoms with Crippen LogP contribution >= 0.6 is 27.3 Å². The standard InChI is InChI=1S/C9H11BrN4S/c10-7-4-3-6(15-7)9-12-8(13-14-9)2-1-5-11/h3-4H,1-2,5,11H2,(H,12,13,14). The minimum Gasteiger partial charge on any atom is -0.330 e. The van der Waals surface area contributed by atoms with E-state index in [1.807, 2.05) is 12.1 Å². The molecule has 0 aliphatic rings. The molecule has 0 amide bonds. The van der Waals surface area contributed by atoms with Crippen LogP contribution in [0.15, 0.2) is 15.9 Å². The zero-order valence-corrected chi connectivity index (χ0v) is 10.4. The summed E-state index contributed by atoms with van der Waals surface area (Å²) in [6.45, 7) is 0.681. The molecule has 3 N–H and O–H groups in total. The lowest BCUT2D eigenvalue weighted by Crippen LogP contribution is -2.01. The van der Waals surface area contributed by atoms with Crippen molar-refractivity contribution in [3.05, 3.63) is 21.7 Å². The molecule has 0 spiro atoms. The van der Waals surface area contributed by atoms with Gasteiger partial charge in [-0.3, -0.25) is 5.10 Å². The monoisotopic (exact) mass is 286 g/mol. The van der Waals surface area contributed by atoms with Gasteiger partial charge in [-0.05, 0) is 41.0 Å². The van der Waals surface area contributed by atoms with Crippen LogP contribution in [0.25, 0.3) is 10.7 Å². The fourth-order valence-electron chi connectivity index (χ4n) is 1.22. The van der Waals surface area contributed by atoms with Crippen molar-refractivity contribution in [3.63, 3.8) is 0 Å². The van der Waals surface area contributed by atoms with Gasteiger partial charge >= 0.3 is 0 Å². The minimum absolute atomic E-state index is 0.681. The van der Waals surface area contributed by atoms with Gasteiger partial charge in [0.15, 0.2) is 5.82 Å². The summed E-state index contributed by atoms with van der Waals surface area (Å²) in [7, 11) is 0. The zero-order chi connectivity index (χ0) is 10.7. The third kappa shape index (κ3) is 2.64. The van der Waals surface area contributed by atoms with Crippen LogP contribution < -0.4 is 5.73 Å². The van der Waals surface area contributed by atoms with E-state index in [2.05, 4.69) is 31.1 Å². The molecule has 2 heterocycles. The highest BCUT2D eigenvalue weighted by Crippen LogP contribution is 2.28. The molecule has 0 saturated carbocycles. The van der Waals surface area contributed by atoms with Gasteiger partial charge in [0.1, 0.15) is 5.82 Å². The number of aromatic amines is 1. The summed E-state index contributed by atoms with van der Waals surface area (Å²) < 4.78 is 1.09. The van der Waals surface area contributed by atoms with E-state index in [0.717, 1.165) is 33.2 Å². The number of nitrogens with one attached hydrogen (secondary N) is 1. The molecule has 0 unspecified atom stereocenters. The quantitative estimate of drug-likeness (QED) is 0.905. The van der Waals surface area contributed by atoms with Crippen molar-refractivity contribution < 1.29 is 0 Å². The second-order valence-electron chi connectivity index (χ2n) is 3.10. The molecule has 2 aromatic heterocycles. The number of halogens is 1. The van der Waals surface area contributed by atoms with Crippen LogP contribution in [0.4, 0.5) is 0 Å². The number of hydrogen-bond donors (Lipinski definition) is 2. The van der Waals surface area contributed by atoms with Crippen molar-refractivity contribution in [2.24, 2.45) is 5.73 Å². The van der Waals surface area contributed by atoms with Crippen molar-refractivity contribution in [1.82, 2.24) is 15.2 Å². The first-order chi connectivity index (χ1) is 7.29. The Bertz CT molecular complexity index is 437. The highest BCUT2D eigenvalue weighted by Gasteiger charge is 2.07. The molecule has 15 heavy (non-hydrogen) atoms. The molecule has 0 radical (unpaired) electrons. The Morgan fingerprint density at radius 2 is 2.33 bits per heavy atom. The average Bonchev–Trinajstić information content (AvgIpc) is 2.83. The Hall–Kier alpha value is -0.720. The Labute approximate surface area is 100 Å². The summed E-state index contributed by atoms with van der Waals surface area (Å²) in [5.74, 6) is 1.66. The summed E-state index contributed by atoms with van der Waals surface area (Å²) in [5.41, 5.74) is 5.43. The second kappa shape index (κ2) is 4.87. The molecule has 2 rings (SSSR count). The van der Waals surface area contributed by atoms with Crippen LogP contribution in [-0.2, 0) is 6.42 Å². The molecule has 2 aromatic rings. The third-order valence-corrected chi connectivity index (χ3v) is 3.56. The van der Waals surface area contributed by atoms with E-state index in [4.69, 9.17) is 5.73 Å². The summed E-state index contributed by atoms with van der Waals surface area (Å²) >= 11 is 5.04. The first-order valence-corrected chi connectivity index (χ1v) is 6.27. The zero-order valence-electron chi connectivity index (χ0n) is 8.03. The minimum atomic E-state index is 0.681. The van der Waals surface area contributed by atoms with Crippen LogP contribution in [-0.4, -0.2) is 21.7 Å². The van der Waals surface area contributed by atoms with Crippen LogP contribution in [0, 0.1) is 0 Å². The number of hydrogen-bond acceptors (Lipinski definition) is 4. The number of aryl methyl sites for hydroxylation is 1. The first kappa shape index (κ1) is 10.8. The van der Waals surface area contributed by atoms with E-state index in [-0.39, 0.29) is 0 Å². The molecule has 6 heteroatoms. The SMILES string of the molecule is NCCCc1nc(-c2ccc(Br)s2)n[nH]1. The van der Waals surface area contributed by atoms with Gasteiger partial charge in [-0.15, -0.1) is 11.3 Å². The van der Waals surface area contributed by atoms with Gasteiger partial charge in [-0.25, -0.2) is 4.98 Å². The molecular formula is C9H11BrN4S. The van der Waals surface area contributed by atoms with Gasteiger partial charge in [-0.1, -0.05) is 0 Å². The number of rotatable bonds is 4. The van der Waals surface area contributed by atoms with Crippen LogP contribution in [0.2, 0.25) is 0 Å². The number of aromatic nitrogens is 3. The molecule has 0 atom stereocenters. The molecule has 0 aliphatic carbocycles. The molecule has 80 valence electrons. The van der Waals surface area contributed by atoms with Crippen LogP contribution in [0.5, 0.6) is 0 Å². The van der Waals surface area contributed by atoms with E-state index in [1.165, 1.54) is 0 Å². The van der Waals surface area contributed by atoms with E-state index < -0.39 is 0 Å². The lowest BCUT2D eigenvalue weighted by Gasteiger charge is -1.90. The highest BCUT2D eigenvalue weighted by atomic mass is 79.9. The van der Waals surface area contributed by atoms with Crippen LogP contribution in [0.3, 0.4) is 0 Å². The van der Waals surface area contributed by atoms with Gasteiger partial charge in [-0.2, -0.15) is 5.10 Å². The molecule has 4 nitrogen and oxygen atoms in total. The van der Waals surface area contributed by atoms with E-state index in [0.29, 0.717) is 6.54 Å². The highest BCUT2D eigenvalue weighted by molar-refractivity contribution is 9.11. The maximum absolute atomic E-state index is 5.43. The summed E-state index contributed by atoms with van der Waals surface area (Å²) in [5, 5.41) is 7.09. The fourth-order valence-corrected chi connectivity index (χ4v) is 2.54. The van der Waals surface area contributed by atoms with Crippen molar-refractivity contribution in [2.45, 2.75) is 12.8 Å². The lowest BCUT2D eigenvalue weighted by atomic mass is 10.3. The molecule has 0 bridgehead atoms. The van der Waals surface area contributed by atoms with Gasteiger partial charge in [0.25, 0.3) is 0 Å². The summed E-state index contributed by atoms with van der Waals surface area (Å²) in [6.07, 6.45) is 1.79. The Morgan fingerprint density at radius 1 is 1.47 bits per heavy atom. The van der Waals surface area contributed by atoms with E-state index in [1.54, 1.807) is 11.3 Å². The number of nitrogens with two attached hydrogens (primary N) is 1. The normalized spacial score (nSPS) is 10.8. The third-order valence-electron chi connectivity index (χ3n) is 1.94. The van der Waals surface area contributed by atoms with Crippen molar-refractivity contribution >= 4 is 27.3 Å². The number of nitrogens with zero attached hydrogens (tertiary/aromatic N) is 2. The molecular weight excluding hydrogens is 276 g/mol. The molecule has 0 saturated heterocycles. The molecule has 0 aliphatic heterocycles. The Balaban J connectivity index is 2.13. The number of thiophene rings is 1. The Kier molecular flexibility index (Phi) is 3.50. The maximum atomic E-state index is 5.43. The molecule has 0 fully saturated rings. The average molecular weight is 287 g/mol. The van der Waals surface area contributed by atoms with Crippen molar-refractivity contribution in [2.75, 3.05) is 6.54 Å². The van der Waals surface area contributed by atoms with Gasteiger partial charge < -0.3 is 5.73 Å². The fraction of sp³-hybridized carbons (Fsp3) is 0.333. The predicted molar refractivity (Wildman–Crippen MR) is 64.8 cm³/mol. The van der Waals surface area contributed by atoms with Crippen molar-refractivity contribution in [1.29, 1.82) is 0 Å². The smallest absolute Gasteiger partial charge is 0.191 e. The predicted octanol–water partition coefficient (Wildman–Crippen LogP) is 2.19.